The minimum atomic E-state index is -0.910. The van der Waals surface area contributed by atoms with Crippen molar-refractivity contribution in [3.63, 3.8) is 0 Å². The minimum absolute atomic E-state index is 0.0800. The predicted molar refractivity (Wildman–Crippen MR) is 158 cm³/mol. The highest BCUT2D eigenvalue weighted by atomic mass is 35.5. The van der Waals surface area contributed by atoms with Crippen LogP contribution in [0.25, 0.3) is 16.9 Å². The molecule has 1 amide bonds. The van der Waals surface area contributed by atoms with E-state index in [0.717, 1.165) is 40.0 Å². The molecule has 216 valence electrons. The van der Waals surface area contributed by atoms with Crippen LogP contribution in [0.15, 0.2) is 66.3 Å². The lowest BCUT2D eigenvalue weighted by Crippen LogP contribution is -2.41. The van der Waals surface area contributed by atoms with Crippen molar-refractivity contribution in [3.8, 4) is 16.9 Å². The van der Waals surface area contributed by atoms with Gasteiger partial charge in [0.05, 0.1) is 35.4 Å². The number of nitrogens with zero attached hydrogens (tertiary/aromatic N) is 6. The van der Waals surface area contributed by atoms with Crippen molar-refractivity contribution in [2.75, 3.05) is 13.1 Å². The molecule has 1 fully saturated rings. The number of rotatable bonds is 8. The highest BCUT2D eigenvalue weighted by Gasteiger charge is 2.36. The van der Waals surface area contributed by atoms with Gasteiger partial charge in [0.1, 0.15) is 0 Å². The maximum Gasteiger partial charge on any atom is 0.226 e. The second-order valence-electron chi connectivity index (χ2n) is 10.5. The maximum atomic E-state index is 14.2. The lowest BCUT2D eigenvalue weighted by molar-refractivity contribution is -0.121. The molecule has 8 nitrogen and oxygen atoms in total. The van der Waals surface area contributed by atoms with Crippen molar-refractivity contribution >= 4 is 28.8 Å². The Morgan fingerprint density at radius 2 is 1.95 bits per heavy atom. The molecule has 2 aromatic carbocycles. The van der Waals surface area contributed by atoms with Crippen molar-refractivity contribution < 1.29 is 13.6 Å². The molecule has 1 N–H and O–H groups in total. The van der Waals surface area contributed by atoms with E-state index in [9.17, 15) is 13.6 Å². The topological polar surface area (TPSA) is 80.9 Å². The van der Waals surface area contributed by atoms with Gasteiger partial charge in [0.25, 0.3) is 0 Å². The monoisotopic (exact) mass is 607 g/mol. The fraction of sp³-hybridized carbons (Fsp3) is 0.267. The highest BCUT2D eigenvalue weighted by molar-refractivity contribution is 7.13. The number of carbonyl (C=O) groups excluding carboxylic acids is 1. The first-order valence-electron chi connectivity index (χ1n) is 13.4. The summed E-state index contributed by atoms with van der Waals surface area (Å²) >= 11 is 7.39. The summed E-state index contributed by atoms with van der Waals surface area (Å²) in [7, 11) is 1.85. The molecular formula is C30H28ClF2N7OS. The molecule has 3 aromatic heterocycles. The van der Waals surface area contributed by atoms with E-state index >= 15 is 0 Å². The van der Waals surface area contributed by atoms with Crippen molar-refractivity contribution in [1.29, 1.82) is 0 Å². The molecule has 1 aliphatic heterocycles. The molecule has 0 aliphatic carbocycles. The summed E-state index contributed by atoms with van der Waals surface area (Å²) in [6.07, 6.45) is 3.73. The molecule has 0 saturated carbocycles. The number of halogens is 3. The molecule has 6 rings (SSSR count). The summed E-state index contributed by atoms with van der Waals surface area (Å²) in [5.74, 6) is -2.25. The smallest absolute Gasteiger partial charge is 0.226 e. The highest BCUT2D eigenvalue weighted by Crippen LogP contribution is 2.31. The average Bonchev–Trinajstić information content (AvgIpc) is 3.75. The number of amides is 1. The van der Waals surface area contributed by atoms with E-state index in [-0.39, 0.29) is 24.3 Å². The second-order valence-corrected chi connectivity index (χ2v) is 11.9. The first-order chi connectivity index (χ1) is 20.2. The summed E-state index contributed by atoms with van der Waals surface area (Å²) in [5, 5.41) is 14.2. The van der Waals surface area contributed by atoms with Gasteiger partial charge in [0, 0.05) is 55.8 Å². The van der Waals surface area contributed by atoms with Crippen molar-refractivity contribution in [2.45, 2.75) is 31.8 Å². The number of likely N-dealkylation sites (tertiary alicyclic amines) is 1. The third-order valence-electron chi connectivity index (χ3n) is 7.57. The number of thiazole rings is 1. The van der Waals surface area contributed by atoms with Gasteiger partial charge in [-0.25, -0.2) is 18.4 Å². The average molecular weight is 608 g/mol. The van der Waals surface area contributed by atoms with Crippen LogP contribution in [-0.2, 0) is 24.8 Å². The molecule has 5 aromatic rings. The van der Waals surface area contributed by atoms with Crippen molar-refractivity contribution in [2.24, 2.45) is 7.05 Å². The molecule has 1 aliphatic rings. The third-order valence-corrected chi connectivity index (χ3v) is 8.60. The first-order valence-corrected chi connectivity index (χ1v) is 14.7. The van der Waals surface area contributed by atoms with Crippen LogP contribution in [0.4, 0.5) is 8.78 Å². The normalized spacial score (nSPS) is 17.2. The van der Waals surface area contributed by atoms with Gasteiger partial charge in [0.2, 0.25) is 5.91 Å². The fourth-order valence-corrected chi connectivity index (χ4v) is 6.35. The summed E-state index contributed by atoms with van der Waals surface area (Å²) in [6.45, 7) is 3.54. The molecule has 4 heterocycles. The number of aryl methyl sites for hydroxylation is 1. The lowest BCUT2D eigenvalue weighted by atomic mass is 9.94. The van der Waals surface area contributed by atoms with Gasteiger partial charge in [-0.2, -0.15) is 10.2 Å². The van der Waals surface area contributed by atoms with Gasteiger partial charge in [-0.3, -0.25) is 14.4 Å². The Hall–Kier alpha value is -3.93. The predicted octanol–water partition coefficient (Wildman–Crippen LogP) is 5.30. The number of hydrogen-bond donors (Lipinski definition) is 1. The van der Waals surface area contributed by atoms with Gasteiger partial charge < -0.3 is 5.32 Å². The number of hydrogen-bond acceptors (Lipinski definition) is 6. The number of para-hydroxylation sites is 1. The van der Waals surface area contributed by atoms with Crippen LogP contribution in [0, 0.1) is 18.6 Å². The fourth-order valence-electron chi connectivity index (χ4n) is 5.57. The Morgan fingerprint density at radius 3 is 2.64 bits per heavy atom. The third kappa shape index (κ3) is 5.85. The number of benzene rings is 2. The zero-order valence-electron chi connectivity index (χ0n) is 23.0. The van der Waals surface area contributed by atoms with E-state index in [1.807, 2.05) is 55.9 Å². The molecular weight excluding hydrogens is 580 g/mol. The standard InChI is InChI=1S/C30H28ClF2N7OS/c1-18-27(40(22-6-4-3-5-7-22)37-29(18)20-12-34-38(2)13-20)11-28(41)36-26-16-39(14-21-17-42-30(31)35-21)15-23(26)19-8-9-24(32)25(33)10-19/h3-10,12-13,17,23,26H,11,14-16H2,1-2H3,(H,36,41)/t23-,26+/m0/s1. The van der Waals surface area contributed by atoms with Crippen LogP contribution in [0.3, 0.4) is 0 Å². The summed E-state index contributed by atoms with van der Waals surface area (Å²) in [6, 6.07) is 13.3. The molecule has 1 saturated heterocycles. The quantitative estimate of drug-likeness (QED) is 0.259. The van der Waals surface area contributed by atoms with Crippen LogP contribution >= 0.6 is 22.9 Å². The molecule has 0 spiro atoms. The first kappa shape index (κ1) is 28.2. The Kier molecular flexibility index (Phi) is 7.89. The van der Waals surface area contributed by atoms with Crippen LogP contribution in [0.1, 0.15) is 28.4 Å². The summed E-state index contributed by atoms with van der Waals surface area (Å²) in [5.41, 5.74) is 5.55. The van der Waals surface area contributed by atoms with E-state index in [4.69, 9.17) is 16.7 Å². The second kappa shape index (κ2) is 11.7. The Morgan fingerprint density at radius 1 is 1.14 bits per heavy atom. The number of carbonyl (C=O) groups is 1. The largest absolute Gasteiger partial charge is 0.351 e. The van der Waals surface area contributed by atoms with Gasteiger partial charge in [0.15, 0.2) is 16.1 Å². The maximum absolute atomic E-state index is 14.2. The van der Waals surface area contributed by atoms with Crippen LogP contribution in [-0.4, -0.2) is 54.5 Å². The summed E-state index contributed by atoms with van der Waals surface area (Å²) < 4.78 is 32.0. The SMILES string of the molecule is Cc1c(-c2cnn(C)c2)nn(-c2ccccc2)c1CC(=O)N[C@@H]1CN(Cc2csc(Cl)n2)C[C@H]1c1ccc(F)c(F)c1. The van der Waals surface area contributed by atoms with E-state index in [2.05, 4.69) is 20.3 Å². The minimum Gasteiger partial charge on any atom is -0.351 e. The number of aromatic nitrogens is 5. The zero-order valence-corrected chi connectivity index (χ0v) is 24.5. The lowest BCUT2D eigenvalue weighted by Gasteiger charge is -2.21. The van der Waals surface area contributed by atoms with Gasteiger partial charge in [-0.15, -0.1) is 11.3 Å². The van der Waals surface area contributed by atoms with Gasteiger partial charge in [-0.1, -0.05) is 35.9 Å². The van der Waals surface area contributed by atoms with E-state index < -0.39 is 11.6 Å². The number of nitrogens with one attached hydrogen (secondary N) is 1. The van der Waals surface area contributed by atoms with E-state index in [0.29, 0.717) is 29.7 Å². The molecule has 42 heavy (non-hydrogen) atoms. The Balaban J connectivity index is 1.28. The van der Waals surface area contributed by atoms with Gasteiger partial charge >= 0.3 is 0 Å². The van der Waals surface area contributed by atoms with Crippen LogP contribution in [0.2, 0.25) is 4.47 Å². The molecule has 0 unspecified atom stereocenters. The van der Waals surface area contributed by atoms with Crippen molar-refractivity contribution in [1.82, 2.24) is 34.8 Å². The Labute approximate surface area is 250 Å². The Bertz CT molecular complexity index is 1730. The van der Waals surface area contributed by atoms with E-state index in [1.165, 1.54) is 17.4 Å². The zero-order chi connectivity index (χ0) is 29.4. The van der Waals surface area contributed by atoms with Gasteiger partial charge in [-0.05, 0) is 42.3 Å². The summed E-state index contributed by atoms with van der Waals surface area (Å²) in [4.78, 5) is 20.2. The van der Waals surface area contributed by atoms with Crippen LogP contribution < -0.4 is 5.32 Å². The molecule has 12 heteroatoms. The van der Waals surface area contributed by atoms with E-state index in [1.54, 1.807) is 21.6 Å². The molecule has 0 bridgehead atoms. The van der Waals surface area contributed by atoms with Crippen LogP contribution in [0.5, 0.6) is 0 Å². The van der Waals surface area contributed by atoms with Crippen molar-refractivity contribution in [3.05, 3.63) is 105 Å². The molecule has 0 radical (unpaired) electrons. The molecule has 2 atom stereocenters.